The first-order valence-electron chi connectivity index (χ1n) is 6.36. The molecule has 0 atom stereocenters. The Hall–Kier alpha value is -2.34. The Labute approximate surface area is 126 Å². The minimum Gasteiger partial charge on any atom is -0.497 e. The zero-order chi connectivity index (χ0) is 14.5. The zero-order valence-electron chi connectivity index (χ0n) is 11.4. The van der Waals surface area contributed by atoms with Crippen LogP contribution in [0.15, 0.2) is 58.2 Å². The van der Waals surface area contributed by atoms with E-state index >= 15 is 0 Å². The Balaban J connectivity index is 1.68. The lowest BCUT2D eigenvalue weighted by atomic mass is 10.2. The van der Waals surface area contributed by atoms with Crippen molar-refractivity contribution >= 4 is 11.8 Å². The minimum atomic E-state index is 0.509. The van der Waals surface area contributed by atoms with Gasteiger partial charge in [-0.05, 0) is 36.4 Å². The molecule has 6 heteroatoms. The molecule has 0 fully saturated rings. The van der Waals surface area contributed by atoms with Crippen molar-refractivity contribution in [3.8, 4) is 17.2 Å². The SMILES string of the molecule is COc1ccc(-c2nc(CSc3ccccn3)no2)cc1. The van der Waals surface area contributed by atoms with Gasteiger partial charge in [0.2, 0.25) is 0 Å². The quantitative estimate of drug-likeness (QED) is 0.673. The average molecular weight is 299 g/mol. The molecule has 106 valence electrons. The summed E-state index contributed by atoms with van der Waals surface area (Å²) in [6.45, 7) is 0. The molecule has 0 aliphatic carbocycles. The number of thioether (sulfide) groups is 1. The van der Waals surface area contributed by atoms with Gasteiger partial charge in [-0.2, -0.15) is 4.98 Å². The first-order chi connectivity index (χ1) is 10.3. The number of hydrogen-bond acceptors (Lipinski definition) is 6. The molecule has 5 nitrogen and oxygen atoms in total. The number of benzene rings is 1. The Kier molecular flexibility index (Phi) is 4.16. The standard InChI is InChI=1S/C15H13N3O2S/c1-19-12-7-5-11(6-8-12)15-17-13(18-20-15)10-21-14-4-2-3-9-16-14/h2-9H,10H2,1H3. The van der Waals surface area contributed by atoms with Crippen molar-refractivity contribution < 1.29 is 9.26 Å². The van der Waals surface area contributed by atoms with Gasteiger partial charge in [0.05, 0.1) is 17.9 Å². The van der Waals surface area contributed by atoms with Crippen LogP contribution in [0.2, 0.25) is 0 Å². The smallest absolute Gasteiger partial charge is 0.257 e. The molecule has 3 aromatic rings. The van der Waals surface area contributed by atoms with E-state index in [2.05, 4.69) is 15.1 Å². The zero-order valence-corrected chi connectivity index (χ0v) is 12.2. The van der Waals surface area contributed by atoms with E-state index in [0.717, 1.165) is 16.3 Å². The average Bonchev–Trinajstić information content (AvgIpc) is 3.03. The Morgan fingerprint density at radius 2 is 2.00 bits per heavy atom. The molecule has 2 aromatic heterocycles. The largest absolute Gasteiger partial charge is 0.497 e. The Morgan fingerprint density at radius 1 is 1.14 bits per heavy atom. The number of ether oxygens (including phenoxy) is 1. The predicted molar refractivity (Wildman–Crippen MR) is 80.1 cm³/mol. The van der Waals surface area contributed by atoms with E-state index in [4.69, 9.17) is 9.26 Å². The van der Waals surface area contributed by atoms with Crippen LogP contribution in [0.3, 0.4) is 0 Å². The van der Waals surface area contributed by atoms with Gasteiger partial charge in [0.25, 0.3) is 5.89 Å². The number of methoxy groups -OCH3 is 1. The van der Waals surface area contributed by atoms with Crippen LogP contribution in [0.5, 0.6) is 5.75 Å². The fourth-order valence-corrected chi connectivity index (χ4v) is 2.44. The van der Waals surface area contributed by atoms with Crippen LogP contribution >= 0.6 is 11.8 Å². The van der Waals surface area contributed by atoms with Gasteiger partial charge in [-0.15, -0.1) is 0 Å². The third-order valence-electron chi connectivity index (χ3n) is 2.79. The second-order valence-corrected chi connectivity index (χ2v) is 5.20. The molecule has 21 heavy (non-hydrogen) atoms. The van der Waals surface area contributed by atoms with Gasteiger partial charge in [-0.25, -0.2) is 4.98 Å². The van der Waals surface area contributed by atoms with Crippen molar-refractivity contribution in [3.05, 3.63) is 54.5 Å². The molecule has 0 aliphatic rings. The van der Waals surface area contributed by atoms with Gasteiger partial charge >= 0.3 is 0 Å². The topological polar surface area (TPSA) is 61.0 Å². The van der Waals surface area contributed by atoms with Gasteiger partial charge in [-0.3, -0.25) is 0 Å². The molecule has 0 aliphatic heterocycles. The van der Waals surface area contributed by atoms with Gasteiger partial charge in [0, 0.05) is 11.8 Å². The van der Waals surface area contributed by atoms with Crippen LogP contribution in [0.25, 0.3) is 11.5 Å². The summed E-state index contributed by atoms with van der Waals surface area (Å²) >= 11 is 1.57. The van der Waals surface area contributed by atoms with Crippen molar-refractivity contribution in [2.45, 2.75) is 10.8 Å². The van der Waals surface area contributed by atoms with E-state index in [0.29, 0.717) is 17.5 Å². The Morgan fingerprint density at radius 3 is 2.71 bits per heavy atom. The number of pyridine rings is 1. The fourth-order valence-electron chi connectivity index (χ4n) is 1.73. The lowest BCUT2D eigenvalue weighted by Crippen LogP contribution is -1.86. The monoisotopic (exact) mass is 299 g/mol. The summed E-state index contributed by atoms with van der Waals surface area (Å²) in [5, 5.41) is 4.92. The molecule has 0 radical (unpaired) electrons. The summed E-state index contributed by atoms with van der Waals surface area (Å²) < 4.78 is 10.4. The third-order valence-corrected chi connectivity index (χ3v) is 3.73. The van der Waals surface area contributed by atoms with Crippen LogP contribution in [-0.2, 0) is 5.75 Å². The van der Waals surface area contributed by atoms with Crippen LogP contribution in [0.4, 0.5) is 0 Å². The maximum atomic E-state index is 5.28. The van der Waals surface area contributed by atoms with Crippen molar-refractivity contribution in [2.24, 2.45) is 0 Å². The minimum absolute atomic E-state index is 0.509. The van der Waals surface area contributed by atoms with E-state index in [1.54, 1.807) is 25.1 Å². The maximum Gasteiger partial charge on any atom is 0.257 e. The second kappa shape index (κ2) is 6.41. The summed E-state index contributed by atoms with van der Waals surface area (Å²) in [5.41, 5.74) is 0.873. The lowest BCUT2D eigenvalue weighted by Gasteiger charge is -1.98. The van der Waals surface area contributed by atoms with E-state index in [9.17, 15) is 0 Å². The van der Waals surface area contributed by atoms with Crippen LogP contribution < -0.4 is 4.74 Å². The highest BCUT2D eigenvalue weighted by molar-refractivity contribution is 7.98. The molecule has 0 bridgehead atoms. The number of hydrogen-bond donors (Lipinski definition) is 0. The first-order valence-corrected chi connectivity index (χ1v) is 7.34. The van der Waals surface area contributed by atoms with Crippen molar-refractivity contribution in [1.82, 2.24) is 15.1 Å². The van der Waals surface area contributed by atoms with E-state index in [1.807, 2.05) is 42.5 Å². The molecule has 1 aromatic carbocycles. The number of rotatable bonds is 5. The molecular formula is C15H13N3O2S. The fraction of sp³-hybridized carbons (Fsp3) is 0.133. The third kappa shape index (κ3) is 3.41. The van der Waals surface area contributed by atoms with Crippen molar-refractivity contribution in [1.29, 1.82) is 0 Å². The van der Waals surface area contributed by atoms with Crippen LogP contribution in [0.1, 0.15) is 5.82 Å². The molecule has 0 N–H and O–H groups in total. The molecule has 0 unspecified atom stereocenters. The molecule has 2 heterocycles. The highest BCUT2D eigenvalue weighted by atomic mass is 32.2. The first kappa shape index (κ1) is 13.6. The van der Waals surface area contributed by atoms with E-state index in [1.165, 1.54) is 0 Å². The molecule has 3 rings (SSSR count). The second-order valence-electron chi connectivity index (χ2n) is 4.20. The van der Waals surface area contributed by atoms with E-state index < -0.39 is 0 Å². The van der Waals surface area contributed by atoms with Gasteiger partial charge in [0.15, 0.2) is 5.82 Å². The van der Waals surface area contributed by atoms with Crippen molar-refractivity contribution in [3.63, 3.8) is 0 Å². The highest BCUT2D eigenvalue weighted by Crippen LogP contribution is 2.23. The molecular weight excluding hydrogens is 286 g/mol. The predicted octanol–water partition coefficient (Wildman–Crippen LogP) is 3.43. The van der Waals surface area contributed by atoms with Crippen LogP contribution in [-0.4, -0.2) is 22.2 Å². The summed E-state index contributed by atoms with van der Waals surface area (Å²) in [5.74, 6) is 2.58. The van der Waals surface area contributed by atoms with Gasteiger partial charge in [-0.1, -0.05) is 23.0 Å². The summed E-state index contributed by atoms with van der Waals surface area (Å²) in [6.07, 6.45) is 1.77. The summed E-state index contributed by atoms with van der Waals surface area (Å²) in [4.78, 5) is 8.62. The summed E-state index contributed by atoms with van der Waals surface area (Å²) in [7, 11) is 1.63. The van der Waals surface area contributed by atoms with E-state index in [-0.39, 0.29) is 0 Å². The maximum absolute atomic E-state index is 5.28. The molecule has 0 saturated carbocycles. The lowest BCUT2D eigenvalue weighted by molar-refractivity contribution is 0.414. The molecule has 0 saturated heterocycles. The number of aromatic nitrogens is 3. The summed E-state index contributed by atoms with van der Waals surface area (Å²) in [6, 6.07) is 13.3. The molecule has 0 amide bonds. The van der Waals surface area contributed by atoms with Gasteiger partial charge in [0.1, 0.15) is 5.75 Å². The van der Waals surface area contributed by atoms with Gasteiger partial charge < -0.3 is 9.26 Å². The normalized spacial score (nSPS) is 10.5. The number of nitrogens with zero attached hydrogens (tertiary/aromatic N) is 3. The van der Waals surface area contributed by atoms with Crippen LogP contribution in [0, 0.1) is 0 Å². The molecule has 0 spiro atoms. The highest BCUT2D eigenvalue weighted by Gasteiger charge is 2.09. The Bertz CT molecular complexity index is 698. The van der Waals surface area contributed by atoms with Crippen molar-refractivity contribution in [2.75, 3.05) is 7.11 Å².